The van der Waals surface area contributed by atoms with Crippen LogP contribution >= 0.6 is 11.6 Å². The molecule has 1 fully saturated rings. The Kier molecular flexibility index (Phi) is 6.53. The molecule has 0 saturated carbocycles. The highest BCUT2D eigenvalue weighted by atomic mass is 35.5. The summed E-state index contributed by atoms with van der Waals surface area (Å²) in [6.07, 6.45) is 1.87. The average Bonchev–Trinajstić information content (AvgIpc) is 3.04. The van der Waals surface area contributed by atoms with Gasteiger partial charge >= 0.3 is 0 Å². The SMILES string of the molecule is CCOc1ccc(C2=C(N(C)C3CCN(C)CC3)C(=O)N(c3cccc(Cl)c3)C2=O)cc1. The van der Waals surface area contributed by atoms with Crippen LogP contribution in [0.4, 0.5) is 5.69 Å². The van der Waals surface area contributed by atoms with Crippen LogP contribution in [0.25, 0.3) is 5.57 Å². The maximum Gasteiger partial charge on any atom is 0.282 e. The number of ether oxygens (including phenoxy) is 1. The summed E-state index contributed by atoms with van der Waals surface area (Å²) in [4.78, 5) is 32.8. The summed E-state index contributed by atoms with van der Waals surface area (Å²) in [7, 11) is 4.03. The highest BCUT2D eigenvalue weighted by molar-refractivity contribution is 6.45. The van der Waals surface area contributed by atoms with Gasteiger partial charge in [-0.15, -0.1) is 0 Å². The van der Waals surface area contributed by atoms with Gasteiger partial charge in [0.1, 0.15) is 11.4 Å². The fourth-order valence-corrected chi connectivity index (χ4v) is 4.59. The maximum absolute atomic E-state index is 13.7. The highest BCUT2D eigenvalue weighted by Crippen LogP contribution is 2.37. The molecule has 2 aliphatic heterocycles. The first-order valence-corrected chi connectivity index (χ1v) is 11.3. The minimum absolute atomic E-state index is 0.190. The van der Waals surface area contributed by atoms with Gasteiger partial charge in [-0.25, -0.2) is 4.90 Å². The zero-order chi connectivity index (χ0) is 22.8. The standard InChI is InChI=1S/C25H28ClN3O3/c1-4-32-21-10-8-17(9-11-21)22-23(28(3)19-12-14-27(2)15-13-19)25(31)29(24(22)30)20-7-5-6-18(26)16-20/h5-11,16,19H,4,12-15H2,1-3H3. The molecule has 2 amide bonds. The molecule has 2 aliphatic rings. The van der Waals surface area contributed by atoms with E-state index in [2.05, 4.69) is 11.9 Å². The quantitative estimate of drug-likeness (QED) is 0.617. The van der Waals surface area contributed by atoms with E-state index < -0.39 is 0 Å². The van der Waals surface area contributed by atoms with Crippen LogP contribution in [0, 0.1) is 0 Å². The predicted octanol–water partition coefficient (Wildman–Crippen LogP) is 4.05. The van der Waals surface area contributed by atoms with Crippen LogP contribution in [0.5, 0.6) is 5.75 Å². The first-order valence-electron chi connectivity index (χ1n) is 10.9. The zero-order valence-corrected chi connectivity index (χ0v) is 19.4. The van der Waals surface area contributed by atoms with E-state index in [1.54, 1.807) is 24.3 Å². The Morgan fingerprint density at radius 2 is 1.75 bits per heavy atom. The summed E-state index contributed by atoms with van der Waals surface area (Å²) in [5.41, 5.74) is 2.03. The molecule has 0 spiro atoms. The van der Waals surface area contributed by atoms with Gasteiger partial charge in [0.2, 0.25) is 0 Å². The fourth-order valence-electron chi connectivity index (χ4n) is 4.40. The number of halogens is 1. The molecule has 0 unspecified atom stereocenters. The molecule has 4 rings (SSSR count). The molecule has 7 heteroatoms. The van der Waals surface area contributed by atoms with Gasteiger partial charge in [-0.05, 0) is 75.8 Å². The number of anilines is 1. The molecule has 2 heterocycles. The monoisotopic (exact) mass is 453 g/mol. The summed E-state index contributed by atoms with van der Waals surface area (Å²) < 4.78 is 5.55. The number of benzene rings is 2. The summed E-state index contributed by atoms with van der Waals surface area (Å²) in [6, 6.07) is 14.4. The van der Waals surface area contributed by atoms with Crippen LogP contribution < -0.4 is 9.64 Å². The van der Waals surface area contributed by atoms with Gasteiger partial charge in [0.15, 0.2) is 0 Å². The second kappa shape index (κ2) is 9.35. The van der Waals surface area contributed by atoms with Crippen molar-refractivity contribution in [2.45, 2.75) is 25.8 Å². The lowest BCUT2D eigenvalue weighted by Crippen LogP contribution is -2.43. The van der Waals surface area contributed by atoms with Gasteiger partial charge in [0.05, 0.1) is 17.9 Å². The fraction of sp³-hybridized carbons (Fsp3) is 0.360. The number of hydrogen-bond donors (Lipinski definition) is 0. The molecular formula is C25H28ClN3O3. The number of amides is 2. The Labute approximate surface area is 194 Å². The van der Waals surface area contributed by atoms with Crippen molar-refractivity contribution >= 4 is 34.7 Å². The first kappa shape index (κ1) is 22.4. The Bertz CT molecular complexity index is 1040. The van der Waals surface area contributed by atoms with Crippen LogP contribution in [0.3, 0.4) is 0 Å². The number of likely N-dealkylation sites (N-methyl/N-ethyl adjacent to an activating group) is 1. The van der Waals surface area contributed by atoms with E-state index in [9.17, 15) is 9.59 Å². The molecule has 0 N–H and O–H groups in total. The number of likely N-dealkylation sites (tertiary alicyclic amines) is 1. The van der Waals surface area contributed by atoms with E-state index in [4.69, 9.17) is 16.3 Å². The lowest BCUT2D eigenvalue weighted by Gasteiger charge is -2.36. The molecule has 0 atom stereocenters. The number of rotatable bonds is 6. The second-order valence-corrected chi connectivity index (χ2v) is 8.69. The number of hydrogen-bond acceptors (Lipinski definition) is 5. The summed E-state index contributed by atoms with van der Waals surface area (Å²) in [6.45, 7) is 4.40. The first-order chi connectivity index (χ1) is 15.4. The van der Waals surface area contributed by atoms with E-state index in [1.807, 2.05) is 43.1 Å². The summed E-state index contributed by atoms with van der Waals surface area (Å²) in [5, 5.41) is 0.475. The van der Waals surface area contributed by atoms with Crippen molar-refractivity contribution < 1.29 is 14.3 Å². The molecule has 32 heavy (non-hydrogen) atoms. The van der Waals surface area contributed by atoms with Crippen molar-refractivity contribution in [1.29, 1.82) is 0 Å². The Morgan fingerprint density at radius 1 is 1.06 bits per heavy atom. The van der Waals surface area contributed by atoms with Crippen LogP contribution in [-0.2, 0) is 9.59 Å². The van der Waals surface area contributed by atoms with Crippen molar-refractivity contribution in [2.75, 3.05) is 38.7 Å². The van der Waals surface area contributed by atoms with E-state index >= 15 is 0 Å². The lowest BCUT2D eigenvalue weighted by molar-refractivity contribution is -0.120. The molecule has 0 aliphatic carbocycles. The van der Waals surface area contributed by atoms with Gasteiger partial charge in [0, 0.05) is 18.1 Å². The topological polar surface area (TPSA) is 53.1 Å². The smallest absolute Gasteiger partial charge is 0.282 e. The Morgan fingerprint density at radius 3 is 2.38 bits per heavy atom. The number of imide groups is 1. The van der Waals surface area contributed by atoms with Crippen LogP contribution in [0.2, 0.25) is 5.02 Å². The normalized spacial score (nSPS) is 17.9. The number of carbonyl (C=O) groups is 2. The van der Waals surface area contributed by atoms with Crippen LogP contribution in [-0.4, -0.2) is 61.4 Å². The van der Waals surface area contributed by atoms with E-state index in [0.717, 1.165) is 31.7 Å². The molecular weight excluding hydrogens is 426 g/mol. The molecule has 168 valence electrons. The average molecular weight is 454 g/mol. The van der Waals surface area contributed by atoms with Gasteiger partial charge in [-0.3, -0.25) is 9.59 Å². The van der Waals surface area contributed by atoms with Crippen molar-refractivity contribution in [1.82, 2.24) is 9.80 Å². The molecule has 2 aromatic rings. The van der Waals surface area contributed by atoms with Crippen LogP contribution in [0.15, 0.2) is 54.2 Å². The van der Waals surface area contributed by atoms with Crippen molar-refractivity contribution in [3.63, 3.8) is 0 Å². The van der Waals surface area contributed by atoms with Gasteiger partial charge in [0.25, 0.3) is 11.8 Å². The van der Waals surface area contributed by atoms with Gasteiger partial charge in [-0.1, -0.05) is 29.8 Å². The third kappa shape index (κ3) is 4.25. The Hall–Kier alpha value is -2.83. The number of carbonyl (C=O) groups excluding carboxylic acids is 2. The zero-order valence-electron chi connectivity index (χ0n) is 18.7. The second-order valence-electron chi connectivity index (χ2n) is 8.25. The summed E-state index contributed by atoms with van der Waals surface area (Å²) >= 11 is 6.16. The molecule has 2 aromatic carbocycles. The van der Waals surface area contributed by atoms with Gasteiger partial charge < -0.3 is 14.5 Å². The van der Waals surface area contributed by atoms with E-state index in [0.29, 0.717) is 34.2 Å². The van der Waals surface area contributed by atoms with Crippen molar-refractivity contribution in [2.24, 2.45) is 0 Å². The Balaban J connectivity index is 1.76. The highest BCUT2D eigenvalue weighted by Gasteiger charge is 2.43. The minimum Gasteiger partial charge on any atom is -0.494 e. The van der Waals surface area contributed by atoms with Crippen molar-refractivity contribution in [3.8, 4) is 5.75 Å². The van der Waals surface area contributed by atoms with Crippen LogP contribution in [0.1, 0.15) is 25.3 Å². The van der Waals surface area contributed by atoms with E-state index in [-0.39, 0.29) is 17.9 Å². The van der Waals surface area contributed by atoms with Gasteiger partial charge in [-0.2, -0.15) is 0 Å². The molecule has 0 bridgehead atoms. The molecule has 1 saturated heterocycles. The maximum atomic E-state index is 13.7. The third-order valence-electron chi connectivity index (χ3n) is 6.17. The number of nitrogens with zero attached hydrogens (tertiary/aromatic N) is 3. The van der Waals surface area contributed by atoms with E-state index in [1.165, 1.54) is 4.90 Å². The third-order valence-corrected chi connectivity index (χ3v) is 6.40. The summed E-state index contributed by atoms with van der Waals surface area (Å²) in [5.74, 6) is 0.0734. The molecule has 0 aromatic heterocycles. The van der Waals surface area contributed by atoms with Crippen molar-refractivity contribution in [3.05, 3.63) is 64.8 Å². The largest absolute Gasteiger partial charge is 0.494 e. The number of piperidine rings is 1. The minimum atomic E-state index is -0.337. The molecule has 0 radical (unpaired) electrons. The molecule has 6 nitrogen and oxygen atoms in total. The predicted molar refractivity (Wildman–Crippen MR) is 127 cm³/mol. The lowest BCUT2D eigenvalue weighted by atomic mass is 10.00.